The minimum absolute atomic E-state index is 0.00183. The van der Waals surface area contributed by atoms with Crippen LogP contribution in [0.25, 0.3) is 5.82 Å². The Labute approximate surface area is 235 Å². The highest BCUT2D eigenvalue weighted by Crippen LogP contribution is 2.57. The van der Waals surface area contributed by atoms with Crippen molar-refractivity contribution >= 4 is 21.7 Å². The molecule has 0 unspecified atom stereocenters. The highest BCUT2D eigenvalue weighted by atomic mass is 32.2. The molecule has 1 saturated carbocycles. The number of carbonyl (C=O) groups excluding carboxylic acids is 1. The molecule has 2 aliphatic rings. The van der Waals surface area contributed by atoms with Gasteiger partial charge >= 0.3 is 6.18 Å². The van der Waals surface area contributed by atoms with Gasteiger partial charge in [0.25, 0.3) is 15.9 Å². The van der Waals surface area contributed by atoms with Gasteiger partial charge in [0, 0.05) is 30.4 Å². The predicted octanol–water partition coefficient (Wildman–Crippen LogP) is 4.44. The Bertz CT molecular complexity index is 1580. The van der Waals surface area contributed by atoms with Crippen molar-refractivity contribution in [1.82, 2.24) is 19.5 Å². The quantitative estimate of drug-likeness (QED) is 0.393. The van der Waals surface area contributed by atoms with Crippen LogP contribution >= 0.6 is 0 Å². The standard InChI is InChI=1S/C27H30F3N5O5S/c1-17-14-25(2,3)34(15-17)23-20(24(37)33-41(38,39)19-6-4-5-18(36)13-19)7-8-21(31-23)35-12-9-22(32-35)40-16-26(10-11-26)27(28,29)30/h4-9,12-13,17,36H,10-11,14-16H2,1-3H3,(H,33,37)/t17-/m0/s1. The smallest absolute Gasteiger partial charge is 0.397 e. The first-order valence-corrected chi connectivity index (χ1v) is 14.5. The van der Waals surface area contributed by atoms with Crippen molar-refractivity contribution < 1.29 is 36.2 Å². The average molecular weight is 594 g/mol. The van der Waals surface area contributed by atoms with Gasteiger partial charge in [-0.15, -0.1) is 5.10 Å². The number of carbonyl (C=O) groups is 1. The van der Waals surface area contributed by atoms with Crippen LogP contribution in [0.2, 0.25) is 0 Å². The summed E-state index contributed by atoms with van der Waals surface area (Å²) in [5.74, 6) is -0.437. The second kappa shape index (κ2) is 9.93. The second-order valence-electron chi connectivity index (χ2n) is 11.4. The molecule has 0 bridgehead atoms. The zero-order valence-corrected chi connectivity index (χ0v) is 23.5. The number of alkyl halides is 3. The number of nitrogens with one attached hydrogen (secondary N) is 1. The molecular weight excluding hydrogens is 563 g/mol. The van der Waals surface area contributed by atoms with Crippen LogP contribution in [0.5, 0.6) is 11.6 Å². The van der Waals surface area contributed by atoms with Crippen LogP contribution in [0.1, 0.15) is 50.4 Å². The van der Waals surface area contributed by atoms with E-state index >= 15 is 0 Å². The van der Waals surface area contributed by atoms with Crippen molar-refractivity contribution in [2.45, 2.75) is 56.6 Å². The van der Waals surface area contributed by atoms with Crippen LogP contribution in [0.4, 0.5) is 19.0 Å². The van der Waals surface area contributed by atoms with Crippen molar-refractivity contribution in [3.63, 3.8) is 0 Å². The monoisotopic (exact) mass is 593 g/mol. The molecule has 1 saturated heterocycles. The zero-order chi connectivity index (χ0) is 29.8. The highest BCUT2D eigenvalue weighted by Gasteiger charge is 2.64. The second-order valence-corrected chi connectivity index (χ2v) is 13.1. The summed E-state index contributed by atoms with van der Waals surface area (Å²) < 4.78 is 74.3. The van der Waals surface area contributed by atoms with Gasteiger partial charge in [-0.3, -0.25) is 4.79 Å². The molecule has 1 aromatic carbocycles. The normalized spacial score (nSPS) is 19.7. The largest absolute Gasteiger partial charge is 0.508 e. The van der Waals surface area contributed by atoms with E-state index in [1.165, 1.54) is 47.3 Å². The molecule has 2 aromatic heterocycles. The van der Waals surface area contributed by atoms with Gasteiger partial charge in [-0.25, -0.2) is 22.8 Å². The average Bonchev–Trinajstić information content (AvgIpc) is 3.45. The van der Waals surface area contributed by atoms with E-state index in [0.29, 0.717) is 6.54 Å². The number of sulfonamides is 1. The number of amides is 1. The molecule has 0 radical (unpaired) electrons. The molecule has 0 spiro atoms. The third-order valence-corrected chi connectivity index (χ3v) is 8.87. The van der Waals surface area contributed by atoms with Crippen LogP contribution in [0.15, 0.2) is 53.6 Å². The number of rotatable bonds is 8. The maximum Gasteiger partial charge on any atom is 0.397 e. The lowest BCUT2D eigenvalue weighted by molar-refractivity contribution is -0.194. The van der Waals surface area contributed by atoms with Gasteiger partial charge in [0.2, 0.25) is 5.88 Å². The van der Waals surface area contributed by atoms with E-state index in [0.717, 1.165) is 12.5 Å². The fraction of sp³-hybridized carbons (Fsp3) is 0.444. The molecule has 2 N–H and O–H groups in total. The number of pyridine rings is 1. The minimum Gasteiger partial charge on any atom is -0.508 e. The highest BCUT2D eigenvalue weighted by molar-refractivity contribution is 7.90. The van der Waals surface area contributed by atoms with Crippen molar-refractivity contribution in [3.05, 3.63) is 54.2 Å². The van der Waals surface area contributed by atoms with E-state index in [4.69, 9.17) is 4.74 Å². The maximum absolute atomic E-state index is 13.4. The molecule has 1 aliphatic heterocycles. The van der Waals surface area contributed by atoms with E-state index in [9.17, 15) is 31.5 Å². The van der Waals surface area contributed by atoms with Crippen LogP contribution in [0, 0.1) is 11.3 Å². The lowest BCUT2D eigenvalue weighted by Gasteiger charge is -2.34. The Morgan fingerprint density at radius 3 is 2.54 bits per heavy atom. The fourth-order valence-electron chi connectivity index (χ4n) is 5.18. The number of aromatic nitrogens is 3. The first-order chi connectivity index (χ1) is 19.1. The summed E-state index contributed by atoms with van der Waals surface area (Å²) in [6.07, 6.45) is -2.05. The topological polar surface area (TPSA) is 127 Å². The van der Waals surface area contributed by atoms with Gasteiger partial charge in [-0.2, -0.15) is 13.2 Å². The van der Waals surface area contributed by atoms with Gasteiger partial charge in [0.05, 0.1) is 10.5 Å². The van der Waals surface area contributed by atoms with Gasteiger partial charge < -0.3 is 14.7 Å². The van der Waals surface area contributed by atoms with Gasteiger partial charge in [0.15, 0.2) is 5.82 Å². The Morgan fingerprint density at radius 1 is 1.20 bits per heavy atom. The van der Waals surface area contributed by atoms with Crippen LogP contribution in [-0.4, -0.2) is 59.1 Å². The lowest BCUT2D eigenvalue weighted by Crippen LogP contribution is -2.41. The Balaban J connectivity index is 1.45. The summed E-state index contributed by atoms with van der Waals surface area (Å²) in [5.41, 5.74) is -2.25. The molecule has 10 nitrogen and oxygen atoms in total. The molecule has 1 atom stereocenters. The number of hydrogen-bond acceptors (Lipinski definition) is 8. The van der Waals surface area contributed by atoms with E-state index in [2.05, 4.69) is 21.7 Å². The summed E-state index contributed by atoms with van der Waals surface area (Å²) in [6, 6.07) is 9.25. The number of phenolic OH excluding ortho intramolecular Hbond substituents is 1. The number of benzene rings is 1. The van der Waals surface area contributed by atoms with E-state index in [1.807, 2.05) is 18.7 Å². The van der Waals surface area contributed by atoms with Crippen LogP contribution in [0.3, 0.4) is 0 Å². The van der Waals surface area contributed by atoms with Crippen molar-refractivity contribution in [3.8, 4) is 17.4 Å². The zero-order valence-electron chi connectivity index (χ0n) is 22.6. The molecule has 41 heavy (non-hydrogen) atoms. The molecule has 5 rings (SSSR count). The number of anilines is 1. The number of hydrogen-bond donors (Lipinski definition) is 2. The van der Waals surface area contributed by atoms with Gasteiger partial charge in [-0.05, 0) is 63.3 Å². The van der Waals surface area contributed by atoms with Gasteiger partial charge in [-0.1, -0.05) is 13.0 Å². The van der Waals surface area contributed by atoms with Crippen molar-refractivity contribution in [2.24, 2.45) is 11.3 Å². The summed E-state index contributed by atoms with van der Waals surface area (Å²) in [5, 5.41) is 13.9. The fourth-order valence-corrected chi connectivity index (χ4v) is 6.18. The predicted molar refractivity (Wildman–Crippen MR) is 143 cm³/mol. The maximum atomic E-state index is 13.4. The Kier molecular flexibility index (Phi) is 6.95. The Hall–Kier alpha value is -3.81. The van der Waals surface area contributed by atoms with Crippen LogP contribution in [-0.2, 0) is 10.0 Å². The van der Waals surface area contributed by atoms with Crippen LogP contribution < -0.4 is 14.4 Å². The molecule has 1 aliphatic carbocycles. The molecule has 220 valence electrons. The molecule has 3 aromatic rings. The summed E-state index contributed by atoms with van der Waals surface area (Å²) >= 11 is 0. The van der Waals surface area contributed by atoms with E-state index < -0.39 is 39.7 Å². The van der Waals surface area contributed by atoms with E-state index in [1.54, 1.807) is 0 Å². The molecule has 3 heterocycles. The first-order valence-electron chi connectivity index (χ1n) is 13.0. The number of ether oxygens (including phenoxy) is 1. The number of aromatic hydroxyl groups is 1. The van der Waals surface area contributed by atoms with E-state index in [-0.39, 0.29) is 52.5 Å². The minimum atomic E-state index is -4.35. The molecular formula is C27H30F3N5O5S. The molecule has 1 amide bonds. The van der Waals surface area contributed by atoms with Crippen molar-refractivity contribution in [1.29, 1.82) is 0 Å². The number of phenols is 1. The summed E-state index contributed by atoms with van der Waals surface area (Å²) in [7, 11) is -4.31. The SMILES string of the molecule is C[C@@H]1CN(c2nc(-n3ccc(OCC4(C(F)(F)F)CC4)n3)ccc2C(=O)NS(=O)(=O)c2cccc(O)c2)C(C)(C)C1. The first kappa shape index (κ1) is 28.7. The molecule has 2 fully saturated rings. The third kappa shape index (κ3) is 5.69. The van der Waals surface area contributed by atoms with Gasteiger partial charge in [0.1, 0.15) is 23.6 Å². The number of halogens is 3. The third-order valence-electron chi connectivity index (χ3n) is 7.54. The number of nitrogens with zero attached hydrogens (tertiary/aromatic N) is 4. The Morgan fingerprint density at radius 2 is 1.93 bits per heavy atom. The molecule has 14 heteroatoms. The summed E-state index contributed by atoms with van der Waals surface area (Å²) in [4.78, 5) is 19.7. The van der Waals surface area contributed by atoms with Crippen molar-refractivity contribution in [2.75, 3.05) is 18.1 Å². The lowest BCUT2D eigenvalue weighted by atomic mass is 9.97. The summed E-state index contributed by atoms with van der Waals surface area (Å²) in [6.45, 7) is 6.06.